The number of hydrogen-bond donors (Lipinski definition) is 0. The molecule has 0 radical (unpaired) electrons. The summed E-state index contributed by atoms with van der Waals surface area (Å²) in [6, 6.07) is 1.76. The van der Waals surface area contributed by atoms with Gasteiger partial charge in [0, 0.05) is 0 Å². The van der Waals surface area contributed by atoms with Gasteiger partial charge >= 0.3 is 0 Å². The Morgan fingerprint density at radius 1 is 1.57 bits per heavy atom. The molecule has 36 valence electrons. The van der Waals surface area contributed by atoms with Gasteiger partial charge in [-0.25, -0.2) is 0 Å². The first kappa shape index (κ1) is 4.60. The van der Waals surface area contributed by atoms with Gasteiger partial charge in [-0.05, 0) is 11.3 Å². The minimum absolute atomic E-state index is 0.815. The van der Waals surface area contributed by atoms with Gasteiger partial charge < -0.3 is 0 Å². The molecule has 4 heteroatoms. The fourth-order valence-electron chi connectivity index (χ4n) is 0.250. The second-order valence-corrected chi connectivity index (χ2v) is 1.64. The predicted octanol–water partition coefficient (Wildman–Crippen LogP) is -0.628. The van der Waals surface area contributed by atoms with Crippen LogP contribution in [0.25, 0.3) is 0 Å². The van der Waals surface area contributed by atoms with Gasteiger partial charge in [-0.2, -0.15) is 0 Å². The summed E-state index contributed by atoms with van der Waals surface area (Å²) >= 11 is 0. The summed E-state index contributed by atoms with van der Waals surface area (Å²) in [6.07, 6.45) is 1.59. The summed E-state index contributed by atoms with van der Waals surface area (Å²) in [4.78, 5) is 0. The van der Waals surface area contributed by atoms with Crippen molar-refractivity contribution < 1.29 is 0 Å². The molecular formula is C3H4N3P. The molecule has 1 atom stereocenters. The average molecular weight is 113 g/mol. The van der Waals surface area contributed by atoms with Crippen LogP contribution in [0.5, 0.6) is 0 Å². The van der Waals surface area contributed by atoms with Crippen LogP contribution >= 0.6 is 9.24 Å². The van der Waals surface area contributed by atoms with E-state index in [4.69, 9.17) is 0 Å². The molecule has 0 fully saturated rings. The van der Waals surface area contributed by atoms with E-state index in [-0.39, 0.29) is 0 Å². The van der Waals surface area contributed by atoms with E-state index in [9.17, 15) is 0 Å². The van der Waals surface area contributed by atoms with Gasteiger partial charge in [-0.15, -0.1) is 10.2 Å². The minimum Gasteiger partial charge on any atom is -0.139 e. The Morgan fingerprint density at radius 2 is 2.43 bits per heavy atom. The SMILES string of the molecule is Pc1ccnnn1. The molecule has 0 saturated carbocycles. The Kier molecular flexibility index (Phi) is 1.27. The zero-order valence-electron chi connectivity index (χ0n) is 3.57. The van der Waals surface area contributed by atoms with E-state index >= 15 is 0 Å². The van der Waals surface area contributed by atoms with Crippen LogP contribution < -0.4 is 5.44 Å². The van der Waals surface area contributed by atoms with Crippen molar-refractivity contribution in [2.45, 2.75) is 0 Å². The van der Waals surface area contributed by atoms with Crippen molar-refractivity contribution in [1.29, 1.82) is 0 Å². The van der Waals surface area contributed by atoms with Crippen LogP contribution in [0.4, 0.5) is 0 Å². The van der Waals surface area contributed by atoms with Gasteiger partial charge in [-0.3, -0.25) is 0 Å². The Bertz CT molecular complexity index is 140. The molecule has 0 aromatic carbocycles. The van der Waals surface area contributed by atoms with E-state index < -0.39 is 0 Å². The highest BCUT2D eigenvalue weighted by Gasteiger charge is 1.76. The van der Waals surface area contributed by atoms with Crippen molar-refractivity contribution >= 4 is 14.7 Å². The number of hydrogen-bond acceptors (Lipinski definition) is 3. The summed E-state index contributed by atoms with van der Waals surface area (Å²) in [7, 11) is 2.42. The van der Waals surface area contributed by atoms with E-state index in [1.165, 1.54) is 0 Å². The fraction of sp³-hybridized carbons (Fsp3) is 0. The van der Waals surface area contributed by atoms with Gasteiger partial charge in [0.15, 0.2) is 0 Å². The zero-order chi connectivity index (χ0) is 5.11. The largest absolute Gasteiger partial charge is 0.139 e. The maximum atomic E-state index is 3.58. The third-order valence-electron chi connectivity index (χ3n) is 0.524. The molecule has 0 spiro atoms. The Labute approximate surface area is 43.4 Å². The Balaban J connectivity index is 3.02. The lowest BCUT2D eigenvalue weighted by atomic mass is 10.7. The lowest BCUT2D eigenvalue weighted by Gasteiger charge is -1.79. The molecule has 0 amide bonds. The molecule has 1 unspecified atom stereocenters. The van der Waals surface area contributed by atoms with Gasteiger partial charge in [0.2, 0.25) is 0 Å². The Morgan fingerprint density at radius 3 is 2.71 bits per heavy atom. The van der Waals surface area contributed by atoms with Gasteiger partial charge in [0.05, 0.1) is 11.6 Å². The van der Waals surface area contributed by atoms with E-state index in [2.05, 4.69) is 24.7 Å². The summed E-state index contributed by atoms with van der Waals surface area (Å²) in [5.74, 6) is 0. The predicted molar refractivity (Wildman–Crippen MR) is 29.2 cm³/mol. The molecule has 3 nitrogen and oxygen atoms in total. The van der Waals surface area contributed by atoms with Gasteiger partial charge in [0.25, 0.3) is 0 Å². The molecule has 0 bridgehead atoms. The minimum atomic E-state index is 0.815. The van der Waals surface area contributed by atoms with Crippen molar-refractivity contribution in [2.75, 3.05) is 0 Å². The van der Waals surface area contributed by atoms with Gasteiger partial charge in [-0.1, -0.05) is 9.24 Å². The lowest BCUT2D eigenvalue weighted by Crippen LogP contribution is -1.99. The van der Waals surface area contributed by atoms with Crippen LogP contribution in [0.1, 0.15) is 0 Å². The molecule has 0 aliphatic heterocycles. The zero-order valence-corrected chi connectivity index (χ0v) is 4.73. The third kappa shape index (κ3) is 1.16. The topological polar surface area (TPSA) is 38.7 Å². The summed E-state index contributed by atoms with van der Waals surface area (Å²) in [5.41, 5.74) is 0.815. The van der Waals surface area contributed by atoms with Crippen molar-refractivity contribution in [2.24, 2.45) is 0 Å². The second kappa shape index (κ2) is 1.94. The van der Waals surface area contributed by atoms with Crippen molar-refractivity contribution in [3.05, 3.63) is 12.3 Å². The molecule has 7 heavy (non-hydrogen) atoms. The summed E-state index contributed by atoms with van der Waals surface area (Å²) in [6.45, 7) is 0. The third-order valence-corrected chi connectivity index (χ3v) is 0.832. The van der Waals surface area contributed by atoms with Crippen molar-refractivity contribution in [1.82, 2.24) is 15.4 Å². The molecular weight excluding hydrogens is 109 g/mol. The standard InChI is InChI=1S/C3H4N3P/c7-3-1-2-4-6-5-3/h1-2H,7H2. The molecule has 0 N–H and O–H groups in total. The second-order valence-electron chi connectivity index (χ2n) is 1.05. The quantitative estimate of drug-likeness (QED) is 0.420. The highest BCUT2D eigenvalue weighted by Crippen LogP contribution is 1.74. The van der Waals surface area contributed by atoms with Crippen LogP contribution in [0.2, 0.25) is 0 Å². The molecule has 1 aromatic rings. The fourth-order valence-corrected chi connectivity index (χ4v) is 0.388. The van der Waals surface area contributed by atoms with E-state index in [0.717, 1.165) is 5.44 Å². The maximum Gasteiger partial charge on any atom is 0.0828 e. The summed E-state index contributed by atoms with van der Waals surface area (Å²) < 4.78 is 0. The monoisotopic (exact) mass is 113 g/mol. The van der Waals surface area contributed by atoms with Crippen molar-refractivity contribution in [3.63, 3.8) is 0 Å². The van der Waals surface area contributed by atoms with E-state index in [1.54, 1.807) is 12.3 Å². The lowest BCUT2D eigenvalue weighted by molar-refractivity contribution is 0.883. The maximum absolute atomic E-state index is 3.58. The molecule has 0 saturated heterocycles. The van der Waals surface area contributed by atoms with Crippen molar-refractivity contribution in [3.8, 4) is 0 Å². The highest BCUT2D eigenvalue weighted by atomic mass is 31.0. The van der Waals surface area contributed by atoms with Crippen LogP contribution in [0, 0.1) is 0 Å². The first-order valence-electron chi connectivity index (χ1n) is 1.79. The molecule has 0 aliphatic rings. The number of aromatic nitrogens is 3. The van der Waals surface area contributed by atoms with Crippen LogP contribution in [0.15, 0.2) is 12.3 Å². The highest BCUT2D eigenvalue weighted by molar-refractivity contribution is 7.26. The number of rotatable bonds is 0. The van der Waals surface area contributed by atoms with Crippen LogP contribution in [-0.2, 0) is 0 Å². The number of nitrogens with zero attached hydrogens (tertiary/aromatic N) is 3. The summed E-state index contributed by atoms with van der Waals surface area (Å²) in [5, 5.41) is 10.4. The first-order valence-corrected chi connectivity index (χ1v) is 2.37. The van der Waals surface area contributed by atoms with E-state index in [0.29, 0.717) is 0 Å². The smallest absolute Gasteiger partial charge is 0.0828 e. The molecule has 0 aliphatic carbocycles. The Hall–Kier alpha value is -0.560. The molecule has 1 rings (SSSR count). The normalized spacial score (nSPS) is 8.71. The van der Waals surface area contributed by atoms with Gasteiger partial charge in [0.1, 0.15) is 0 Å². The average Bonchev–Trinajstić information content (AvgIpc) is 1.69. The molecule has 1 heterocycles. The van der Waals surface area contributed by atoms with E-state index in [1.807, 2.05) is 0 Å². The molecule has 1 aromatic heterocycles. The first-order chi connectivity index (χ1) is 3.39. The van der Waals surface area contributed by atoms with Crippen LogP contribution in [0.3, 0.4) is 0 Å². The van der Waals surface area contributed by atoms with Crippen LogP contribution in [-0.4, -0.2) is 15.4 Å².